The Labute approximate surface area is 193 Å². The molecule has 0 fully saturated rings. The van der Waals surface area contributed by atoms with Crippen molar-refractivity contribution < 1.29 is 9.47 Å². The van der Waals surface area contributed by atoms with E-state index in [1.165, 1.54) is 0 Å². The zero-order chi connectivity index (χ0) is 23.3. The number of unbranched alkanes of at least 4 members (excludes halogenated alkanes) is 1. The molecule has 3 rings (SSSR count). The molecule has 0 radical (unpaired) electrons. The molecule has 0 aromatic carbocycles. The Balaban J connectivity index is 1.74. The van der Waals surface area contributed by atoms with Gasteiger partial charge >= 0.3 is 6.01 Å². The number of rotatable bonds is 11. The Morgan fingerprint density at radius 3 is 2.66 bits per heavy atom. The van der Waals surface area contributed by atoms with E-state index in [9.17, 15) is 0 Å². The highest BCUT2D eigenvalue weighted by Gasteiger charge is 2.21. The van der Waals surface area contributed by atoms with Gasteiger partial charge in [-0.15, -0.1) is 5.10 Å². The third kappa shape index (κ3) is 6.20. The minimum atomic E-state index is -0.0275. The van der Waals surface area contributed by atoms with Crippen molar-refractivity contribution in [2.45, 2.75) is 40.0 Å². The molecule has 2 N–H and O–H groups in total. The monoisotopic (exact) mass is 461 g/mol. The zero-order valence-corrected chi connectivity index (χ0v) is 20.2. The van der Waals surface area contributed by atoms with Gasteiger partial charge in [0.05, 0.1) is 25.1 Å². The number of nitrogens with two attached hydrogens (primary N) is 1. The normalized spacial score (nSPS) is 12.0. The van der Waals surface area contributed by atoms with Gasteiger partial charge in [0.25, 0.3) is 0 Å². The molecule has 0 saturated heterocycles. The molecule has 0 saturated carbocycles. The van der Waals surface area contributed by atoms with Crippen molar-refractivity contribution in [2.24, 2.45) is 5.41 Å². The van der Waals surface area contributed by atoms with E-state index in [2.05, 4.69) is 45.7 Å². The van der Waals surface area contributed by atoms with Crippen LogP contribution in [-0.2, 0) is 6.42 Å². The van der Waals surface area contributed by atoms with Gasteiger partial charge < -0.3 is 20.1 Å². The van der Waals surface area contributed by atoms with Crippen LogP contribution in [0.3, 0.4) is 0 Å². The number of nitrogens with zero attached hydrogens (tertiary/aromatic N) is 6. The molecule has 0 amide bonds. The van der Waals surface area contributed by atoms with Crippen LogP contribution in [-0.4, -0.2) is 63.3 Å². The Hall–Kier alpha value is -2.65. The summed E-state index contributed by atoms with van der Waals surface area (Å²) in [5.41, 5.74) is 8.24. The first-order valence-electron chi connectivity index (χ1n) is 10.7. The highest BCUT2D eigenvalue weighted by atomic mass is 35.5. The molecular formula is C22H32ClN7O2. The van der Waals surface area contributed by atoms with E-state index < -0.39 is 0 Å². The molecule has 0 aliphatic carbocycles. The molecule has 3 aromatic rings. The number of imidazole rings is 1. The number of ether oxygens (including phenoxy) is 2. The average molecular weight is 462 g/mol. The van der Waals surface area contributed by atoms with Crippen molar-refractivity contribution in [3.05, 3.63) is 34.7 Å². The lowest BCUT2D eigenvalue weighted by Gasteiger charge is -2.28. The molecule has 3 aromatic heterocycles. The van der Waals surface area contributed by atoms with Gasteiger partial charge in [0.2, 0.25) is 5.88 Å². The fourth-order valence-electron chi connectivity index (χ4n) is 3.46. The number of nitrogen functional groups attached to an aromatic ring is 1. The van der Waals surface area contributed by atoms with Crippen LogP contribution in [0.15, 0.2) is 18.5 Å². The summed E-state index contributed by atoms with van der Waals surface area (Å²) in [5.74, 6) is 0.705. The van der Waals surface area contributed by atoms with E-state index in [0.717, 1.165) is 30.6 Å². The molecule has 0 aliphatic heterocycles. The van der Waals surface area contributed by atoms with E-state index in [0.29, 0.717) is 36.2 Å². The van der Waals surface area contributed by atoms with Crippen molar-refractivity contribution in [1.29, 1.82) is 0 Å². The van der Waals surface area contributed by atoms with Crippen molar-refractivity contribution in [2.75, 3.05) is 39.6 Å². The summed E-state index contributed by atoms with van der Waals surface area (Å²) in [5, 5.41) is 4.91. The number of halogens is 1. The lowest BCUT2D eigenvalue weighted by Crippen LogP contribution is -2.33. The lowest BCUT2D eigenvalue weighted by molar-refractivity contribution is 0.137. The second kappa shape index (κ2) is 10.3. The molecule has 0 atom stereocenters. The summed E-state index contributed by atoms with van der Waals surface area (Å²) in [6, 6.07) is 2.09. The molecule has 10 heteroatoms. The van der Waals surface area contributed by atoms with Crippen molar-refractivity contribution >= 4 is 23.1 Å². The third-order valence-electron chi connectivity index (χ3n) is 4.76. The van der Waals surface area contributed by atoms with Crippen LogP contribution in [0.4, 0.5) is 5.82 Å². The number of pyridine rings is 1. The summed E-state index contributed by atoms with van der Waals surface area (Å²) in [7, 11) is 4.08. The number of hydrogen-bond acceptors (Lipinski definition) is 8. The first-order chi connectivity index (χ1) is 15.2. The lowest BCUT2D eigenvalue weighted by atomic mass is 9.94. The van der Waals surface area contributed by atoms with Crippen molar-refractivity contribution in [3.8, 4) is 11.9 Å². The Morgan fingerprint density at radius 1 is 1.19 bits per heavy atom. The predicted molar refractivity (Wildman–Crippen MR) is 125 cm³/mol. The molecule has 9 nitrogen and oxygen atoms in total. The number of hydrogen-bond donors (Lipinski definition) is 1. The van der Waals surface area contributed by atoms with Crippen molar-refractivity contribution in [3.63, 3.8) is 0 Å². The Kier molecular flexibility index (Phi) is 7.73. The molecule has 3 heterocycles. The van der Waals surface area contributed by atoms with Crippen LogP contribution in [0.5, 0.6) is 11.9 Å². The fourth-order valence-corrected chi connectivity index (χ4v) is 3.70. The second-order valence-corrected chi connectivity index (χ2v) is 9.37. The number of anilines is 1. The van der Waals surface area contributed by atoms with Gasteiger partial charge in [-0.3, -0.25) is 0 Å². The van der Waals surface area contributed by atoms with Crippen LogP contribution < -0.4 is 15.2 Å². The van der Waals surface area contributed by atoms with Gasteiger partial charge in [0, 0.05) is 24.6 Å². The van der Waals surface area contributed by atoms with E-state index in [1.807, 2.05) is 20.2 Å². The fraction of sp³-hybridized carbons (Fsp3) is 0.545. The molecule has 32 heavy (non-hydrogen) atoms. The summed E-state index contributed by atoms with van der Waals surface area (Å²) in [4.78, 5) is 15.1. The topological polar surface area (TPSA) is 104 Å². The second-order valence-electron chi connectivity index (χ2n) is 8.96. The number of aromatic nitrogens is 5. The molecular weight excluding hydrogens is 430 g/mol. The van der Waals surface area contributed by atoms with Crippen LogP contribution in [0.1, 0.15) is 44.9 Å². The maximum absolute atomic E-state index is 6.46. The maximum atomic E-state index is 6.46. The summed E-state index contributed by atoms with van der Waals surface area (Å²) in [6.07, 6.45) is 5.93. The number of fused-ring (bicyclic) bond motifs is 1. The standard InChI is InChI=1S/C22H32ClN7O2/c1-6-7-8-31-21-27-18(24)19-25-12-16(30(19)28-21)9-15-10-17(23)20(26-11-15)32-14-22(2,3)13-29(4)5/h10-12H,6-9,13-14H2,1-5H3,(H2,24,27,28). The first-order valence-corrected chi connectivity index (χ1v) is 11.1. The molecule has 0 unspecified atom stereocenters. The van der Waals surface area contributed by atoms with E-state index >= 15 is 0 Å². The van der Waals surface area contributed by atoms with Crippen LogP contribution in [0, 0.1) is 5.41 Å². The Bertz CT molecular complexity index is 1050. The summed E-state index contributed by atoms with van der Waals surface area (Å²) < 4.78 is 13.2. The largest absolute Gasteiger partial charge is 0.476 e. The molecule has 174 valence electrons. The molecule has 0 bridgehead atoms. The summed E-state index contributed by atoms with van der Waals surface area (Å²) in [6.45, 7) is 8.34. The minimum absolute atomic E-state index is 0.0275. The van der Waals surface area contributed by atoms with Gasteiger partial charge in [0.1, 0.15) is 5.02 Å². The highest BCUT2D eigenvalue weighted by Crippen LogP contribution is 2.26. The van der Waals surface area contributed by atoms with Crippen LogP contribution in [0.25, 0.3) is 5.65 Å². The molecule has 0 spiro atoms. The maximum Gasteiger partial charge on any atom is 0.336 e. The Morgan fingerprint density at radius 2 is 1.97 bits per heavy atom. The van der Waals surface area contributed by atoms with Gasteiger partial charge in [-0.25, -0.2) is 14.5 Å². The smallest absolute Gasteiger partial charge is 0.336 e. The first kappa shape index (κ1) is 24.0. The highest BCUT2D eigenvalue weighted by molar-refractivity contribution is 6.31. The van der Waals surface area contributed by atoms with Gasteiger partial charge in [0.15, 0.2) is 11.5 Å². The van der Waals surface area contributed by atoms with Gasteiger partial charge in [-0.1, -0.05) is 38.8 Å². The quantitative estimate of drug-likeness (QED) is 0.433. The van der Waals surface area contributed by atoms with E-state index in [-0.39, 0.29) is 17.2 Å². The van der Waals surface area contributed by atoms with E-state index in [1.54, 1.807) is 16.9 Å². The molecule has 0 aliphatic rings. The van der Waals surface area contributed by atoms with E-state index in [4.69, 9.17) is 26.8 Å². The average Bonchev–Trinajstić information content (AvgIpc) is 3.10. The van der Waals surface area contributed by atoms with Crippen LogP contribution in [0.2, 0.25) is 5.02 Å². The third-order valence-corrected chi connectivity index (χ3v) is 5.03. The summed E-state index contributed by atoms with van der Waals surface area (Å²) >= 11 is 6.46. The van der Waals surface area contributed by atoms with Gasteiger partial charge in [-0.05, 0) is 32.1 Å². The predicted octanol–water partition coefficient (Wildman–Crippen LogP) is 3.49. The van der Waals surface area contributed by atoms with Crippen LogP contribution >= 0.6 is 11.6 Å². The SMILES string of the molecule is CCCCOc1nc(N)c2ncc(Cc3cnc(OCC(C)(C)CN(C)C)c(Cl)c3)n2n1. The zero-order valence-electron chi connectivity index (χ0n) is 19.4. The minimum Gasteiger partial charge on any atom is -0.476 e. The van der Waals surface area contributed by atoms with Gasteiger partial charge in [-0.2, -0.15) is 4.98 Å². The van der Waals surface area contributed by atoms with Crippen molar-refractivity contribution in [1.82, 2.24) is 29.5 Å².